The van der Waals surface area contributed by atoms with Crippen molar-refractivity contribution in [1.82, 2.24) is 5.32 Å². The van der Waals surface area contributed by atoms with Gasteiger partial charge in [0, 0.05) is 6.04 Å². The Morgan fingerprint density at radius 1 is 1.56 bits per heavy atom. The van der Waals surface area contributed by atoms with Gasteiger partial charge in [-0.3, -0.25) is 0 Å². The van der Waals surface area contributed by atoms with Crippen molar-refractivity contribution >= 4 is 0 Å². The third-order valence-corrected chi connectivity index (χ3v) is 1.28. The highest BCUT2D eigenvalue weighted by molar-refractivity contribution is 4.72. The molecule has 1 unspecified atom stereocenters. The Hall–Kier alpha value is -0.110. The first-order valence-corrected chi connectivity index (χ1v) is 3.32. The average molecular weight is 133 g/mol. The van der Waals surface area contributed by atoms with Gasteiger partial charge >= 0.3 is 0 Å². The smallest absolute Gasteiger partial charge is 0.107 e. The molecule has 1 nitrogen and oxygen atoms in total. The van der Waals surface area contributed by atoms with Gasteiger partial charge in [0.15, 0.2) is 0 Å². The van der Waals surface area contributed by atoms with E-state index in [4.69, 9.17) is 0 Å². The van der Waals surface area contributed by atoms with E-state index in [-0.39, 0.29) is 6.04 Å². The third kappa shape index (κ3) is 5.77. The molecule has 0 spiro atoms. The van der Waals surface area contributed by atoms with E-state index in [1.54, 1.807) is 13.8 Å². The fourth-order valence-electron chi connectivity index (χ4n) is 0.830. The fourth-order valence-corrected chi connectivity index (χ4v) is 0.830. The lowest BCUT2D eigenvalue weighted by Gasteiger charge is -2.18. The predicted molar refractivity (Wildman–Crippen MR) is 38.3 cm³/mol. The largest absolute Gasteiger partial charge is 0.317 e. The van der Waals surface area contributed by atoms with Gasteiger partial charge in [0.25, 0.3) is 0 Å². The second kappa shape index (κ2) is 3.16. The Labute approximate surface area is 56.6 Å². The molecule has 0 saturated heterocycles. The lowest BCUT2D eigenvalue weighted by molar-refractivity contribution is 0.184. The van der Waals surface area contributed by atoms with Crippen LogP contribution in [0.25, 0.3) is 0 Å². The van der Waals surface area contributed by atoms with Crippen molar-refractivity contribution in [1.29, 1.82) is 0 Å². The van der Waals surface area contributed by atoms with Crippen LogP contribution in [0.1, 0.15) is 27.2 Å². The fraction of sp³-hybridized carbons (Fsp3) is 1.00. The van der Waals surface area contributed by atoms with E-state index in [1.807, 2.05) is 14.0 Å². The van der Waals surface area contributed by atoms with Crippen LogP contribution in [-0.2, 0) is 0 Å². The van der Waals surface area contributed by atoms with Crippen LogP contribution in [0.5, 0.6) is 0 Å². The highest BCUT2D eigenvalue weighted by Gasteiger charge is 2.17. The molecule has 1 atom stereocenters. The first-order chi connectivity index (χ1) is 3.95. The maximum absolute atomic E-state index is 12.8. The van der Waals surface area contributed by atoms with Crippen LogP contribution in [0.15, 0.2) is 0 Å². The summed E-state index contributed by atoms with van der Waals surface area (Å²) in [6.07, 6.45) is 0.573. The van der Waals surface area contributed by atoms with E-state index in [2.05, 4.69) is 5.32 Å². The van der Waals surface area contributed by atoms with Gasteiger partial charge in [0.2, 0.25) is 0 Å². The van der Waals surface area contributed by atoms with Gasteiger partial charge in [-0.1, -0.05) is 0 Å². The average Bonchev–Trinajstić information content (AvgIpc) is 1.62. The number of hydrogen-bond acceptors (Lipinski definition) is 1. The number of alkyl halides is 1. The van der Waals surface area contributed by atoms with Crippen molar-refractivity contribution in [2.75, 3.05) is 7.05 Å². The van der Waals surface area contributed by atoms with Crippen molar-refractivity contribution in [3.63, 3.8) is 0 Å². The number of rotatable bonds is 3. The van der Waals surface area contributed by atoms with E-state index in [0.29, 0.717) is 6.42 Å². The second-order valence-corrected chi connectivity index (χ2v) is 3.11. The minimum atomic E-state index is -1.04. The quantitative estimate of drug-likeness (QED) is 0.618. The van der Waals surface area contributed by atoms with Crippen LogP contribution < -0.4 is 5.32 Å². The normalized spacial score (nSPS) is 15.7. The summed E-state index contributed by atoms with van der Waals surface area (Å²) in [5.74, 6) is 0. The number of hydrogen-bond donors (Lipinski definition) is 1. The highest BCUT2D eigenvalue weighted by Crippen LogP contribution is 2.15. The Morgan fingerprint density at radius 2 is 2.00 bits per heavy atom. The summed E-state index contributed by atoms with van der Waals surface area (Å²) in [7, 11) is 1.84. The molecular weight excluding hydrogens is 117 g/mol. The van der Waals surface area contributed by atoms with Crippen LogP contribution in [-0.4, -0.2) is 18.8 Å². The first kappa shape index (κ1) is 8.89. The van der Waals surface area contributed by atoms with Gasteiger partial charge in [-0.2, -0.15) is 0 Å². The summed E-state index contributed by atoms with van der Waals surface area (Å²) in [6, 6.07) is 0.269. The molecule has 0 bridgehead atoms. The molecule has 1 N–H and O–H groups in total. The second-order valence-electron chi connectivity index (χ2n) is 3.11. The van der Waals surface area contributed by atoms with Crippen molar-refractivity contribution in [2.24, 2.45) is 0 Å². The lowest BCUT2D eigenvalue weighted by Crippen LogP contribution is -2.29. The van der Waals surface area contributed by atoms with Crippen LogP contribution in [0.2, 0.25) is 0 Å². The van der Waals surface area contributed by atoms with Crippen molar-refractivity contribution in [3.05, 3.63) is 0 Å². The van der Waals surface area contributed by atoms with Crippen molar-refractivity contribution < 1.29 is 4.39 Å². The van der Waals surface area contributed by atoms with Gasteiger partial charge in [0.1, 0.15) is 5.67 Å². The molecule has 0 aromatic heterocycles. The Bertz CT molecular complexity index is 75.5. The zero-order valence-corrected chi connectivity index (χ0v) is 6.66. The SMILES string of the molecule is CNC(C)CC(C)(C)F. The van der Waals surface area contributed by atoms with E-state index in [1.165, 1.54) is 0 Å². The van der Waals surface area contributed by atoms with E-state index >= 15 is 0 Å². The molecule has 2 heteroatoms. The maximum Gasteiger partial charge on any atom is 0.107 e. The molecule has 0 amide bonds. The standard InChI is InChI=1S/C7H16FN/c1-6(9-4)5-7(2,3)8/h6,9H,5H2,1-4H3. The molecule has 0 rings (SSSR count). The molecule has 9 heavy (non-hydrogen) atoms. The van der Waals surface area contributed by atoms with Gasteiger partial charge in [-0.25, -0.2) is 4.39 Å². The number of halogens is 1. The zero-order chi connectivity index (χ0) is 7.49. The van der Waals surface area contributed by atoms with Gasteiger partial charge in [0.05, 0.1) is 0 Å². The van der Waals surface area contributed by atoms with Crippen LogP contribution in [0.4, 0.5) is 4.39 Å². The molecule has 0 heterocycles. The predicted octanol–water partition coefficient (Wildman–Crippen LogP) is 1.73. The maximum atomic E-state index is 12.8. The Kier molecular flexibility index (Phi) is 3.12. The lowest BCUT2D eigenvalue weighted by atomic mass is 10.0. The molecule has 0 fully saturated rings. The van der Waals surface area contributed by atoms with Crippen LogP contribution in [0, 0.1) is 0 Å². The molecule has 0 saturated carbocycles. The van der Waals surface area contributed by atoms with Crippen molar-refractivity contribution in [3.8, 4) is 0 Å². The molecule has 0 aromatic carbocycles. The van der Waals surface area contributed by atoms with E-state index in [0.717, 1.165) is 0 Å². The molecule has 0 aliphatic heterocycles. The van der Waals surface area contributed by atoms with Crippen LogP contribution in [0.3, 0.4) is 0 Å². The minimum absolute atomic E-state index is 0.269. The Morgan fingerprint density at radius 3 is 2.11 bits per heavy atom. The summed E-state index contributed by atoms with van der Waals surface area (Å²) < 4.78 is 12.8. The summed E-state index contributed by atoms with van der Waals surface area (Å²) in [5, 5.41) is 2.98. The molecule has 0 aromatic rings. The molecular formula is C7H16FN. The summed E-state index contributed by atoms with van der Waals surface area (Å²) in [6.45, 7) is 5.17. The first-order valence-electron chi connectivity index (χ1n) is 3.32. The monoisotopic (exact) mass is 133 g/mol. The minimum Gasteiger partial charge on any atom is -0.317 e. The van der Waals surface area contributed by atoms with Gasteiger partial charge < -0.3 is 5.32 Å². The summed E-state index contributed by atoms with van der Waals surface area (Å²) >= 11 is 0. The molecule has 0 aliphatic carbocycles. The topological polar surface area (TPSA) is 12.0 Å². The van der Waals surface area contributed by atoms with Gasteiger partial charge in [-0.15, -0.1) is 0 Å². The van der Waals surface area contributed by atoms with Crippen molar-refractivity contribution in [2.45, 2.75) is 38.9 Å². The molecule has 56 valence electrons. The zero-order valence-electron chi connectivity index (χ0n) is 6.66. The summed E-state index contributed by atoms with van der Waals surface area (Å²) in [4.78, 5) is 0. The van der Waals surface area contributed by atoms with Gasteiger partial charge in [-0.05, 0) is 34.2 Å². The van der Waals surface area contributed by atoms with E-state index < -0.39 is 5.67 Å². The highest BCUT2D eigenvalue weighted by atomic mass is 19.1. The van der Waals surface area contributed by atoms with E-state index in [9.17, 15) is 4.39 Å². The molecule has 0 aliphatic rings. The summed E-state index contributed by atoms with van der Waals surface area (Å²) in [5.41, 5.74) is -1.04. The number of nitrogens with one attached hydrogen (secondary N) is 1. The Balaban J connectivity index is 3.47. The van der Waals surface area contributed by atoms with Crippen LogP contribution >= 0.6 is 0 Å². The third-order valence-electron chi connectivity index (χ3n) is 1.28. The molecule has 0 radical (unpaired) electrons.